The van der Waals surface area contributed by atoms with Crippen LogP contribution in [0.4, 0.5) is 17.6 Å². The molecule has 0 radical (unpaired) electrons. The van der Waals surface area contributed by atoms with Gasteiger partial charge < -0.3 is 4.90 Å². The molecule has 0 spiro atoms. The van der Waals surface area contributed by atoms with Gasteiger partial charge in [-0.15, -0.1) is 0 Å². The van der Waals surface area contributed by atoms with Gasteiger partial charge in [0.05, 0.1) is 0 Å². The van der Waals surface area contributed by atoms with Crippen molar-refractivity contribution in [2.24, 2.45) is 7.05 Å². The summed E-state index contributed by atoms with van der Waals surface area (Å²) in [5, 5.41) is 3.69. The van der Waals surface area contributed by atoms with Gasteiger partial charge in [0.25, 0.3) is 12.3 Å². The minimum absolute atomic E-state index is 0.113. The van der Waals surface area contributed by atoms with Gasteiger partial charge in [-0.25, -0.2) is 17.9 Å². The average Bonchev–Trinajstić information content (AvgIpc) is 3.40. The topological polar surface area (TPSA) is 38.1 Å². The zero-order chi connectivity index (χ0) is 19.9. The molecule has 0 saturated heterocycles. The zero-order valence-corrected chi connectivity index (χ0v) is 15.1. The summed E-state index contributed by atoms with van der Waals surface area (Å²) in [6.45, 7) is 3.64. The van der Waals surface area contributed by atoms with Crippen LogP contribution in [0.3, 0.4) is 0 Å². The summed E-state index contributed by atoms with van der Waals surface area (Å²) < 4.78 is 55.3. The quantitative estimate of drug-likeness (QED) is 0.663. The van der Waals surface area contributed by atoms with Crippen LogP contribution in [-0.2, 0) is 7.05 Å². The molecule has 0 aliphatic heterocycles. The van der Waals surface area contributed by atoms with E-state index in [1.807, 2.05) is 0 Å². The summed E-state index contributed by atoms with van der Waals surface area (Å²) in [6, 6.07) is 3.66. The lowest BCUT2D eigenvalue weighted by atomic mass is 10.1. The van der Waals surface area contributed by atoms with E-state index in [1.54, 1.807) is 0 Å². The first-order chi connectivity index (χ1) is 12.7. The van der Waals surface area contributed by atoms with Crippen molar-refractivity contribution in [2.75, 3.05) is 6.54 Å². The second-order valence-corrected chi connectivity index (χ2v) is 6.80. The van der Waals surface area contributed by atoms with E-state index < -0.39 is 35.4 Å². The number of hydrogen-bond donors (Lipinski definition) is 0. The Bertz CT molecular complexity index is 908. The van der Waals surface area contributed by atoms with Crippen LogP contribution in [0.5, 0.6) is 0 Å². The van der Waals surface area contributed by atoms with E-state index in [1.165, 1.54) is 23.1 Å². The minimum atomic E-state index is -3.10. The Hall–Kier alpha value is -2.35. The molecule has 4 nitrogen and oxygen atoms in total. The Morgan fingerprint density at radius 3 is 2.67 bits per heavy atom. The van der Waals surface area contributed by atoms with Gasteiger partial charge in [0.1, 0.15) is 17.1 Å². The first-order valence-electron chi connectivity index (χ1n) is 8.15. The van der Waals surface area contributed by atoms with Crippen LogP contribution in [0.2, 0.25) is 5.02 Å². The number of alkyl halides is 2. The Morgan fingerprint density at radius 2 is 2.07 bits per heavy atom. The molecule has 1 amide bonds. The number of rotatable bonds is 6. The molecule has 144 valence electrons. The Morgan fingerprint density at radius 1 is 1.41 bits per heavy atom. The van der Waals surface area contributed by atoms with Gasteiger partial charge in [0.2, 0.25) is 5.95 Å². The lowest BCUT2D eigenvalue weighted by Crippen LogP contribution is -2.35. The van der Waals surface area contributed by atoms with E-state index in [-0.39, 0.29) is 28.7 Å². The van der Waals surface area contributed by atoms with Crippen molar-refractivity contribution in [3.05, 3.63) is 58.4 Å². The number of aryl methyl sites for hydroxylation is 1. The molecule has 1 aliphatic rings. The molecule has 1 aliphatic carbocycles. The molecular formula is C18H16ClF4N3O. The van der Waals surface area contributed by atoms with Crippen molar-refractivity contribution in [3.8, 4) is 0 Å². The Kier molecular flexibility index (Phi) is 5.28. The fourth-order valence-corrected chi connectivity index (χ4v) is 3.00. The van der Waals surface area contributed by atoms with E-state index in [2.05, 4.69) is 11.7 Å². The highest BCUT2D eigenvalue weighted by Crippen LogP contribution is 2.33. The molecule has 1 heterocycles. The standard InChI is InChI=1S/C18H16ClF4N3O/c1-9(12-7-10(19)3-6-13(12)20)8-26(11-4-5-11)18(27)14-15(16(21)22)24-25(2)17(14)23/h3,6-7,11,16H,1,4-5,8H2,2H3. The van der Waals surface area contributed by atoms with Crippen LogP contribution in [-0.4, -0.2) is 33.2 Å². The lowest BCUT2D eigenvalue weighted by molar-refractivity contribution is 0.0747. The van der Waals surface area contributed by atoms with Gasteiger partial charge in [0.15, 0.2) is 0 Å². The molecule has 3 rings (SSSR count). The number of halogens is 5. The van der Waals surface area contributed by atoms with Crippen LogP contribution >= 0.6 is 11.6 Å². The number of nitrogens with zero attached hydrogens (tertiary/aromatic N) is 3. The van der Waals surface area contributed by atoms with Crippen LogP contribution in [0.1, 0.15) is 40.9 Å². The molecule has 1 aromatic carbocycles. The first kappa shape index (κ1) is 19.4. The van der Waals surface area contributed by atoms with Crippen molar-refractivity contribution < 1.29 is 22.4 Å². The number of carbonyl (C=O) groups excluding carboxylic acids is 1. The summed E-state index contributed by atoms with van der Waals surface area (Å²) in [5.74, 6) is -2.63. The number of benzene rings is 1. The highest BCUT2D eigenvalue weighted by atomic mass is 35.5. The van der Waals surface area contributed by atoms with Gasteiger partial charge in [-0.05, 0) is 36.6 Å². The van der Waals surface area contributed by atoms with Gasteiger partial charge in [-0.2, -0.15) is 9.49 Å². The molecule has 2 aromatic rings. The second-order valence-electron chi connectivity index (χ2n) is 6.37. The molecular weight excluding hydrogens is 386 g/mol. The molecule has 1 saturated carbocycles. The summed E-state index contributed by atoms with van der Waals surface area (Å²) in [5.41, 5.74) is -1.33. The van der Waals surface area contributed by atoms with E-state index in [0.717, 1.165) is 7.05 Å². The summed E-state index contributed by atoms with van der Waals surface area (Å²) in [7, 11) is 1.14. The highest BCUT2D eigenvalue weighted by Gasteiger charge is 2.38. The number of hydrogen-bond acceptors (Lipinski definition) is 2. The molecule has 27 heavy (non-hydrogen) atoms. The monoisotopic (exact) mass is 401 g/mol. The largest absolute Gasteiger partial charge is 0.331 e. The fourth-order valence-electron chi connectivity index (χ4n) is 2.83. The maximum absolute atomic E-state index is 14.3. The van der Waals surface area contributed by atoms with E-state index in [9.17, 15) is 22.4 Å². The molecule has 1 fully saturated rings. The molecule has 0 bridgehead atoms. The maximum atomic E-state index is 14.3. The smallest absolute Gasteiger partial charge is 0.283 e. The number of aromatic nitrogens is 2. The van der Waals surface area contributed by atoms with Gasteiger partial charge in [0, 0.05) is 30.2 Å². The lowest BCUT2D eigenvalue weighted by Gasteiger charge is -2.24. The van der Waals surface area contributed by atoms with E-state index in [0.29, 0.717) is 17.5 Å². The summed E-state index contributed by atoms with van der Waals surface area (Å²) in [6.07, 6.45) is -1.82. The molecule has 1 aromatic heterocycles. The zero-order valence-electron chi connectivity index (χ0n) is 14.4. The van der Waals surface area contributed by atoms with E-state index >= 15 is 0 Å². The molecule has 0 unspecified atom stereocenters. The molecule has 0 atom stereocenters. The first-order valence-corrected chi connectivity index (χ1v) is 8.53. The SMILES string of the molecule is C=C(CN(C(=O)c1c(C(F)F)nn(C)c1F)C1CC1)c1cc(Cl)ccc1F. The van der Waals surface area contributed by atoms with Crippen molar-refractivity contribution in [1.82, 2.24) is 14.7 Å². The van der Waals surface area contributed by atoms with Crippen molar-refractivity contribution >= 4 is 23.1 Å². The van der Waals surface area contributed by atoms with Crippen molar-refractivity contribution in [3.63, 3.8) is 0 Å². The predicted molar refractivity (Wildman–Crippen MR) is 92.6 cm³/mol. The van der Waals surface area contributed by atoms with Crippen molar-refractivity contribution in [1.29, 1.82) is 0 Å². The maximum Gasteiger partial charge on any atom is 0.283 e. The van der Waals surface area contributed by atoms with Gasteiger partial charge in [-0.3, -0.25) is 4.79 Å². The fraction of sp³-hybridized carbons (Fsp3) is 0.333. The van der Waals surface area contributed by atoms with Crippen LogP contribution in [0.15, 0.2) is 24.8 Å². The van der Waals surface area contributed by atoms with Crippen LogP contribution in [0.25, 0.3) is 5.57 Å². The second kappa shape index (κ2) is 7.34. The van der Waals surface area contributed by atoms with Crippen LogP contribution in [0, 0.1) is 11.8 Å². The Balaban J connectivity index is 1.92. The Labute approximate surface area is 158 Å². The third kappa shape index (κ3) is 3.85. The average molecular weight is 402 g/mol. The van der Waals surface area contributed by atoms with Gasteiger partial charge in [-0.1, -0.05) is 18.2 Å². The van der Waals surface area contributed by atoms with Crippen LogP contribution < -0.4 is 0 Å². The van der Waals surface area contributed by atoms with Crippen molar-refractivity contribution in [2.45, 2.75) is 25.3 Å². The van der Waals surface area contributed by atoms with E-state index in [4.69, 9.17) is 11.6 Å². The highest BCUT2D eigenvalue weighted by molar-refractivity contribution is 6.30. The normalized spacial score (nSPS) is 13.9. The third-order valence-electron chi connectivity index (χ3n) is 4.34. The van der Waals surface area contributed by atoms with Gasteiger partial charge >= 0.3 is 0 Å². The summed E-state index contributed by atoms with van der Waals surface area (Å²) >= 11 is 5.88. The number of carbonyl (C=O) groups is 1. The predicted octanol–water partition coefficient (Wildman–Crippen LogP) is 4.61. The third-order valence-corrected chi connectivity index (χ3v) is 4.58. The molecule has 0 N–H and O–H groups in total. The minimum Gasteiger partial charge on any atom is -0.331 e. The number of amides is 1. The molecule has 9 heteroatoms. The summed E-state index contributed by atoms with van der Waals surface area (Å²) in [4.78, 5) is 14.1.